The molecular formula is C14H12ClO. The van der Waals surface area contributed by atoms with Crippen molar-refractivity contribution in [2.24, 2.45) is 0 Å². The fourth-order valence-corrected chi connectivity index (χ4v) is 1.59. The summed E-state index contributed by atoms with van der Waals surface area (Å²) in [6, 6.07) is 15.3. The zero-order chi connectivity index (χ0) is 11.4. The monoisotopic (exact) mass is 231 g/mol. The number of halogens is 1. The molecule has 0 fully saturated rings. The SMILES string of the molecule is [CH2]c1ccc(OCc2cccc(Cl)c2)cc1. The van der Waals surface area contributed by atoms with Crippen LogP contribution in [0, 0.1) is 6.92 Å². The van der Waals surface area contributed by atoms with Gasteiger partial charge in [-0.25, -0.2) is 0 Å². The van der Waals surface area contributed by atoms with Crippen molar-refractivity contribution in [3.8, 4) is 5.75 Å². The highest BCUT2D eigenvalue weighted by atomic mass is 35.5. The van der Waals surface area contributed by atoms with Crippen molar-refractivity contribution in [1.82, 2.24) is 0 Å². The van der Waals surface area contributed by atoms with Crippen LogP contribution in [0.4, 0.5) is 0 Å². The molecule has 0 N–H and O–H groups in total. The van der Waals surface area contributed by atoms with E-state index in [1.54, 1.807) is 0 Å². The summed E-state index contributed by atoms with van der Waals surface area (Å²) in [5.41, 5.74) is 2.04. The number of hydrogen-bond donors (Lipinski definition) is 0. The molecule has 2 aromatic carbocycles. The Kier molecular flexibility index (Phi) is 3.47. The van der Waals surface area contributed by atoms with E-state index in [0.717, 1.165) is 21.9 Å². The maximum absolute atomic E-state index is 5.88. The minimum Gasteiger partial charge on any atom is -0.489 e. The van der Waals surface area contributed by atoms with Crippen LogP contribution in [-0.4, -0.2) is 0 Å². The number of rotatable bonds is 3. The molecule has 1 radical (unpaired) electrons. The van der Waals surface area contributed by atoms with Crippen LogP contribution in [0.1, 0.15) is 11.1 Å². The minimum absolute atomic E-state index is 0.525. The van der Waals surface area contributed by atoms with E-state index in [0.29, 0.717) is 6.61 Å². The highest BCUT2D eigenvalue weighted by Gasteiger charge is 1.96. The first-order valence-corrected chi connectivity index (χ1v) is 5.41. The Labute approximate surface area is 101 Å². The first-order chi connectivity index (χ1) is 7.74. The minimum atomic E-state index is 0.525. The average Bonchev–Trinajstić information content (AvgIpc) is 2.28. The Morgan fingerprint density at radius 3 is 2.50 bits per heavy atom. The van der Waals surface area contributed by atoms with Gasteiger partial charge < -0.3 is 4.74 Å². The fourth-order valence-electron chi connectivity index (χ4n) is 1.38. The smallest absolute Gasteiger partial charge is 0.119 e. The topological polar surface area (TPSA) is 9.23 Å². The highest BCUT2D eigenvalue weighted by molar-refractivity contribution is 6.30. The molecule has 81 valence electrons. The van der Waals surface area contributed by atoms with Crippen LogP contribution in [0.25, 0.3) is 0 Å². The summed E-state index contributed by atoms with van der Waals surface area (Å²) in [6.07, 6.45) is 0. The third kappa shape index (κ3) is 3.01. The van der Waals surface area contributed by atoms with Crippen LogP contribution in [0.5, 0.6) is 5.75 Å². The van der Waals surface area contributed by atoms with E-state index >= 15 is 0 Å². The Morgan fingerprint density at radius 2 is 1.81 bits per heavy atom. The predicted octanol–water partition coefficient (Wildman–Crippen LogP) is 4.10. The van der Waals surface area contributed by atoms with Gasteiger partial charge in [-0.15, -0.1) is 0 Å². The van der Waals surface area contributed by atoms with Gasteiger partial charge >= 0.3 is 0 Å². The van der Waals surface area contributed by atoms with E-state index in [1.165, 1.54) is 0 Å². The lowest BCUT2D eigenvalue weighted by Gasteiger charge is -2.06. The van der Waals surface area contributed by atoms with Gasteiger partial charge in [0.05, 0.1) is 0 Å². The molecule has 0 aliphatic heterocycles. The third-order valence-corrected chi connectivity index (χ3v) is 2.45. The van der Waals surface area contributed by atoms with Gasteiger partial charge in [0.2, 0.25) is 0 Å². The van der Waals surface area contributed by atoms with E-state index in [-0.39, 0.29) is 0 Å². The number of hydrogen-bond acceptors (Lipinski definition) is 1. The van der Waals surface area contributed by atoms with E-state index in [4.69, 9.17) is 16.3 Å². The molecule has 0 unspecified atom stereocenters. The molecule has 0 amide bonds. The van der Waals surface area contributed by atoms with Crippen LogP contribution in [-0.2, 0) is 6.61 Å². The molecule has 0 heterocycles. The molecule has 0 aromatic heterocycles. The summed E-state index contributed by atoms with van der Waals surface area (Å²) in [6.45, 7) is 4.34. The van der Waals surface area contributed by atoms with Crippen molar-refractivity contribution in [1.29, 1.82) is 0 Å². The van der Waals surface area contributed by atoms with Gasteiger partial charge in [0, 0.05) is 5.02 Å². The fraction of sp³-hybridized carbons (Fsp3) is 0.0714. The van der Waals surface area contributed by atoms with Crippen molar-refractivity contribution < 1.29 is 4.74 Å². The molecule has 0 saturated heterocycles. The molecule has 0 spiro atoms. The molecule has 0 aliphatic rings. The maximum atomic E-state index is 5.88. The maximum Gasteiger partial charge on any atom is 0.119 e. The zero-order valence-electron chi connectivity index (χ0n) is 8.82. The highest BCUT2D eigenvalue weighted by Crippen LogP contribution is 2.15. The van der Waals surface area contributed by atoms with Crippen molar-refractivity contribution in [3.63, 3.8) is 0 Å². The van der Waals surface area contributed by atoms with Gasteiger partial charge in [-0.05, 0) is 42.3 Å². The van der Waals surface area contributed by atoms with E-state index < -0.39 is 0 Å². The lowest BCUT2D eigenvalue weighted by atomic mass is 10.2. The third-order valence-electron chi connectivity index (χ3n) is 2.22. The van der Waals surface area contributed by atoms with E-state index in [9.17, 15) is 0 Å². The standard InChI is InChI=1S/C14H12ClO/c1-11-5-7-14(8-6-11)16-10-12-3-2-4-13(15)9-12/h2-9H,1,10H2. The quantitative estimate of drug-likeness (QED) is 0.773. The largest absolute Gasteiger partial charge is 0.489 e. The molecule has 0 bridgehead atoms. The molecule has 2 rings (SSSR count). The van der Waals surface area contributed by atoms with Gasteiger partial charge in [-0.1, -0.05) is 35.9 Å². The lowest BCUT2D eigenvalue weighted by molar-refractivity contribution is 0.306. The molecule has 0 atom stereocenters. The molecule has 2 aromatic rings. The van der Waals surface area contributed by atoms with Crippen molar-refractivity contribution >= 4 is 11.6 Å². The lowest BCUT2D eigenvalue weighted by Crippen LogP contribution is -1.94. The zero-order valence-corrected chi connectivity index (χ0v) is 9.58. The van der Waals surface area contributed by atoms with Crippen LogP contribution in [0.3, 0.4) is 0 Å². The summed E-state index contributed by atoms with van der Waals surface area (Å²) in [5, 5.41) is 0.731. The van der Waals surface area contributed by atoms with Crippen LogP contribution >= 0.6 is 11.6 Å². The second kappa shape index (κ2) is 5.04. The van der Waals surface area contributed by atoms with Crippen molar-refractivity contribution in [2.75, 3.05) is 0 Å². The summed E-state index contributed by atoms with van der Waals surface area (Å²) in [7, 11) is 0. The molecule has 0 saturated carbocycles. The summed E-state index contributed by atoms with van der Waals surface area (Å²) < 4.78 is 5.62. The Morgan fingerprint density at radius 1 is 1.06 bits per heavy atom. The van der Waals surface area contributed by atoms with Crippen LogP contribution < -0.4 is 4.74 Å². The van der Waals surface area contributed by atoms with Gasteiger partial charge in [0.25, 0.3) is 0 Å². The first-order valence-electron chi connectivity index (χ1n) is 5.03. The Hall–Kier alpha value is -1.47. The van der Waals surface area contributed by atoms with Gasteiger partial charge in [-0.3, -0.25) is 0 Å². The average molecular weight is 232 g/mol. The molecule has 2 heteroatoms. The molecular weight excluding hydrogens is 220 g/mol. The normalized spacial score (nSPS) is 10.1. The first kappa shape index (κ1) is 11.0. The second-order valence-corrected chi connectivity index (χ2v) is 4.00. The summed E-state index contributed by atoms with van der Waals surface area (Å²) in [4.78, 5) is 0. The van der Waals surface area contributed by atoms with Gasteiger partial charge in [0.15, 0.2) is 0 Å². The Balaban J connectivity index is 1.99. The number of benzene rings is 2. The molecule has 16 heavy (non-hydrogen) atoms. The van der Waals surface area contributed by atoms with Crippen molar-refractivity contribution in [3.05, 3.63) is 71.6 Å². The Bertz CT molecular complexity index is 462. The van der Waals surface area contributed by atoms with Crippen molar-refractivity contribution in [2.45, 2.75) is 6.61 Å². The van der Waals surface area contributed by atoms with Gasteiger partial charge in [-0.2, -0.15) is 0 Å². The number of ether oxygens (including phenoxy) is 1. The summed E-state index contributed by atoms with van der Waals surface area (Å²) in [5.74, 6) is 0.840. The second-order valence-electron chi connectivity index (χ2n) is 3.56. The van der Waals surface area contributed by atoms with Crippen LogP contribution in [0.2, 0.25) is 5.02 Å². The van der Waals surface area contributed by atoms with E-state index in [1.807, 2.05) is 48.5 Å². The van der Waals surface area contributed by atoms with Crippen LogP contribution in [0.15, 0.2) is 48.5 Å². The van der Waals surface area contributed by atoms with E-state index in [2.05, 4.69) is 6.92 Å². The molecule has 1 nitrogen and oxygen atoms in total. The molecule has 0 aliphatic carbocycles. The summed E-state index contributed by atoms with van der Waals surface area (Å²) >= 11 is 5.88. The predicted molar refractivity (Wildman–Crippen MR) is 66.7 cm³/mol. The van der Waals surface area contributed by atoms with Gasteiger partial charge in [0.1, 0.15) is 12.4 Å².